The Kier molecular flexibility index (Phi) is 8.25. The minimum Gasteiger partial charge on any atom is -0.368 e. The first-order valence-corrected chi connectivity index (χ1v) is 11.2. The van der Waals surface area contributed by atoms with Crippen molar-refractivity contribution < 1.29 is 9.59 Å². The van der Waals surface area contributed by atoms with Gasteiger partial charge in [0.1, 0.15) is 0 Å². The summed E-state index contributed by atoms with van der Waals surface area (Å²) in [5.74, 6) is 1.15. The number of amides is 2. The first-order valence-electron chi connectivity index (χ1n) is 11.2. The normalized spacial score (nSPS) is 18.8. The zero-order chi connectivity index (χ0) is 22.9. The fourth-order valence-electron chi connectivity index (χ4n) is 4.16. The van der Waals surface area contributed by atoms with Crippen molar-refractivity contribution in [2.24, 2.45) is 16.6 Å². The molecular formula is C25H33N5O2. The second-order valence-corrected chi connectivity index (χ2v) is 8.25. The molecule has 0 spiro atoms. The van der Waals surface area contributed by atoms with Crippen LogP contribution in [-0.2, 0) is 11.3 Å². The number of rotatable bonds is 7. The molecule has 7 nitrogen and oxygen atoms in total. The Labute approximate surface area is 190 Å². The van der Waals surface area contributed by atoms with Crippen LogP contribution in [0.4, 0.5) is 0 Å². The second kappa shape index (κ2) is 11.3. The van der Waals surface area contributed by atoms with Crippen LogP contribution in [0, 0.1) is 5.92 Å². The molecule has 4 N–H and O–H groups in total. The molecule has 2 unspecified atom stereocenters. The van der Waals surface area contributed by atoms with Crippen molar-refractivity contribution in [3.63, 3.8) is 0 Å². The van der Waals surface area contributed by atoms with Gasteiger partial charge in [0.25, 0.3) is 5.91 Å². The van der Waals surface area contributed by atoms with Gasteiger partial charge in [0, 0.05) is 25.2 Å². The van der Waals surface area contributed by atoms with E-state index in [0.717, 1.165) is 37.6 Å². The number of likely N-dealkylation sites (tertiary alicyclic amines) is 1. The van der Waals surface area contributed by atoms with E-state index < -0.39 is 5.91 Å². The van der Waals surface area contributed by atoms with Crippen LogP contribution in [0.15, 0.2) is 59.6 Å². The molecule has 1 fully saturated rings. The highest BCUT2D eigenvalue weighted by molar-refractivity contribution is 5.96. The molecule has 7 heteroatoms. The summed E-state index contributed by atoms with van der Waals surface area (Å²) in [7, 11) is 0. The van der Waals surface area contributed by atoms with Gasteiger partial charge in [-0.15, -0.1) is 0 Å². The summed E-state index contributed by atoms with van der Waals surface area (Å²) in [5.41, 5.74) is 7.98. The first kappa shape index (κ1) is 23.3. The molecule has 0 saturated carbocycles. The lowest BCUT2D eigenvalue weighted by Crippen LogP contribution is -2.48. The summed E-state index contributed by atoms with van der Waals surface area (Å²) >= 11 is 0. The summed E-state index contributed by atoms with van der Waals surface area (Å²) in [4.78, 5) is 30.0. The van der Waals surface area contributed by atoms with E-state index in [1.54, 1.807) is 12.1 Å². The van der Waals surface area contributed by atoms with Gasteiger partial charge in [0.15, 0.2) is 5.96 Å². The average Bonchev–Trinajstić information content (AvgIpc) is 2.81. The third kappa shape index (κ3) is 6.33. The van der Waals surface area contributed by atoms with Crippen LogP contribution in [0.25, 0.3) is 0 Å². The van der Waals surface area contributed by atoms with Crippen molar-refractivity contribution >= 4 is 17.8 Å². The van der Waals surface area contributed by atoms with Crippen LogP contribution >= 0.6 is 0 Å². The number of carbonyl (C=O) groups is 2. The van der Waals surface area contributed by atoms with Gasteiger partial charge in [0.2, 0.25) is 5.91 Å². The molecule has 1 aliphatic heterocycles. The molecule has 1 saturated heterocycles. The number of primary amides is 1. The fourth-order valence-corrected chi connectivity index (χ4v) is 4.16. The number of benzene rings is 2. The smallest absolute Gasteiger partial charge is 0.251 e. The number of hydrogen-bond donors (Lipinski definition) is 3. The van der Waals surface area contributed by atoms with Crippen molar-refractivity contribution in [3.8, 4) is 0 Å². The Balaban J connectivity index is 1.61. The summed E-state index contributed by atoms with van der Waals surface area (Å²) in [5, 5.41) is 5.91. The van der Waals surface area contributed by atoms with Crippen molar-refractivity contribution in [1.29, 1.82) is 0 Å². The molecule has 1 heterocycles. The van der Waals surface area contributed by atoms with E-state index in [1.807, 2.05) is 12.1 Å². The highest BCUT2D eigenvalue weighted by atomic mass is 16.2. The van der Waals surface area contributed by atoms with Crippen molar-refractivity contribution in [2.75, 3.05) is 26.2 Å². The van der Waals surface area contributed by atoms with Crippen LogP contribution in [0.5, 0.6) is 0 Å². The molecule has 1 aliphatic rings. The Hall–Kier alpha value is -3.35. The van der Waals surface area contributed by atoms with E-state index in [9.17, 15) is 9.59 Å². The lowest BCUT2D eigenvalue weighted by molar-refractivity contribution is -0.117. The molecule has 2 amide bonds. The lowest BCUT2D eigenvalue weighted by Gasteiger charge is -2.39. The largest absolute Gasteiger partial charge is 0.368 e. The predicted molar refractivity (Wildman–Crippen MR) is 127 cm³/mol. The maximum absolute atomic E-state index is 12.0. The summed E-state index contributed by atoms with van der Waals surface area (Å²) in [6.45, 7) is 7.49. The molecule has 0 aliphatic carbocycles. The molecule has 32 heavy (non-hydrogen) atoms. The number of aliphatic imine (C=N–C) groups is 1. The SMILES string of the molecule is CCNC(=NCc1ccc(C(=O)NCC(N)=O)cc1)N1CCC(c2ccccc2)C(C)C1. The van der Waals surface area contributed by atoms with Crippen LogP contribution in [0.3, 0.4) is 0 Å². The molecule has 3 rings (SSSR count). The molecule has 2 aromatic rings. The third-order valence-electron chi connectivity index (χ3n) is 5.82. The molecular weight excluding hydrogens is 402 g/mol. The Morgan fingerprint density at radius 3 is 2.44 bits per heavy atom. The van der Waals surface area contributed by atoms with Gasteiger partial charge < -0.3 is 21.3 Å². The average molecular weight is 436 g/mol. The fraction of sp³-hybridized carbons (Fsp3) is 0.400. The molecule has 2 aromatic carbocycles. The Morgan fingerprint density at radius 2 is 1.81 bits per heavy atom. The maximum atomic E-state index is 12.0. The number of nitrogens with two attached hydrogens (primary N) is 1. The standard InChI is InChI=1S/C25H33N5O2/c1-3-27-25(30-14-13-22(18(2)17-30)20-7-5-4-6-8-20)29-15-19-9-11-21(12-10-19)24(32)28-16-23(26)31/h4-12,18,22H,3,13-17H2,1-2H3,(H2,26,31)(H,27,29)(H,28,32). The Bertz CT molecular complexity index is 927. The van der Waals surface area contributed by atoms with Gasteiger partial charge >= 0.3 is 0 Å². The van der Waals surface area contributed by atoms with Crippen LogP contribution < -0.4 is 16.4 Å². The van der Waals surface area contributed by atoms with Gasteiger partial charge in [-0.1, -0.05) is 49.4 Å². The van der Waals surface area contributed by atoms with Gasteiger partial charge in [-0.3, -0.25) is 9.59 Å². The highest BCUT2D eigenvalue weighted by Crippen LogP contribution is 2.32. The van der Waals surface area contributed by atoms with Gasteiger partial charge in [-0.2, -0.15) is 0 Å². The summed E-state index contributed by atoms with van der Waals surface area (Å²) in [6, 6.07) is 18.0. The van der Waals surface area contributed by atoms with Crippen molar-refractivity contribution in [1.82, 2.24) is 15.5 Å². The topological polar surface area (TPSA) is 99.8 Å². The molecule has 0 radical (unpaired) electrons. The first-order chi connectivity index (χ1) is 15.5. The van der Waals surface area contributed by atoms with Gasteiger partial charge in [0.05, 0.1) is 13.1 Å². The van der Waals surface area contributed by atoms with E-state index in [2.05, 4.69) is 59.7 Å². The molecule has 0 aromatic heterocycles. The minimum absolute atomic E-state index is 0.170. The molecule has 0 bridgehead atoms. The predicted octanol–water partition coefficient (Wildman–Crippen LogP) is 2.49. The minimum atomic E-state index is -0.567. The number of guanidine groups is 1. The van der Waals surface area contributed by atoms with E-state index >= 15 is 0 Å². The quantitative estimate of drug-likeness (QED) is 0.460. The lowest BCUT2D eigenvalue weighted by atomic mass is 9.82. The van der Waals surface area contributed by atoms with E-state index in [0.29, 0.717) is 23.9 Å². The zero-order valence-corrected chi connectivity index (χ0v) is 18.9. The Morgan fingerprint density at radius 1 is 1.09 bits per heavy atom. The number of nitrogens with zero attached hydrogens (tertiary/aromatic N) is 2. The van der Waals surface area contributed by atoms with Gasteiger partial charge in [-0.05, 0) is 48.4 Å². The van der Waals surface area contributed by atoms with E-state index in [4.69, 9.17) is 10.7 Å². The number of piperidine rings is 1. The monoisotopic (exact) mass is 435 g/mol. The summed E-state index contributed by atoms with van der Waals surface area (Å²) in [6.07, 6.45) is 1.10. The number of carbonyl (C=O) groups excluding carboxylic acids is 2. The molecule has 2 atom stereocenters. The molecule has 170 valence electrons. The maximum Gasteiger partial charge on any atom is 0.251 e. The zero-order valence-electron chi connectivity index (χ0n) is 18.9. The van der Waals surface area contributed by atoms with E-state index in [1.165, 1.54) is 5.56 Å². The summed E-state index contributed by atoms with van der Waals surface area (Å²) < 4.78 is 0. The number of nitrogens with one attached hydrogen (secondary N) is 2. The van der Waals surface area contributed by atoms with Crippen LogP contribution in [-0.4, -0.2) is 48.9 Å². The third-order valence-corrected chi connectivity index (χ3v) is 5.82. The van der Waals surface area contributed by atoms with Crippen molar-refractivity contribution in [2.45, 2.75) is 32.7 Å². The van der Waals surface area contributed by atoms with E-state index in [-0.39, 0.29) is 12.5 Å². The number of hydrogen-bond acceptors (Lipinski definition) is 3. The van der Waals surface area contributed by atoms with Crippen molar-refractivity contribution in [3.05, 3.63) is 71.3 Å². The second-order valence-electron chi connectivity index (χ2n) is 8.25. The van der Waals surface area contributed by atoms with Gasteiger partial charge in [-0.25, -0.2) is 4.99 Å². The van der Waals surface area contributed by atoms with Crippen LogP contribution in [0.2, 0.25) is 0 Å². The van der Waals surface area contributed by atoms with Crippen LogP contribution in [0.1, 0.15) is 47.7 Å². The highest BCUT2D eigenvalue weighted by Gasteiger charge is 2.28.